The van der Waals surface area contributed by atoms with Crippen molar-refractivity contribution in [3.05, 3.63) is 41.5 Å². The number of pyridine rings is 1. The first kappa shape index (κ1) is 19.2. The average Bonchev–Trinajstić information content (AvgIpc) is 3.07. The third-order valence-corrected chi connectivity index (χ3v) is 4.03. The lowest BCUT2D eigenvalue weighted by Gasteiger charge is -2.12. The van der Waals surface area contributed by atoms with Gasteiger partial charge in [0.05, 0.1) is 19.3 Å². The lowest BCUT2D eigenvalue weighted by molar-refractivity contribution is 0.0542. The topological polar surface area (TPSA) is 85.6 Å². The Morgan fingerprint density at radius 1 is 1.30 bits per heavy atom. The van der Waals surface area contributed by atoms with Crippen LogP contribution in [-0.2, 0) is 20.7 Å². The summed E-state index contributed by atoms with van der Waals surface area (Å²) in [6.07, 6.45) is 0.131. The molecule has 1 aromatic carbocycles. The highest BCUT2D eigenvalue weighted by molar-refractivity contribution is 6.62. The molecule has 0 saturated carbocycles. The Balaban J connectivity index is 1.70. The van der Waals surface area contributed by atoms with Gasteiger partial charge in [0.2, 0.25) is 5.88 Å². The van der Waals surface area contributed by atoms with Crippen molar-refractivity contribution in [2.75, 3.05) is 25.6 Å². The zero-order chi connectivity index (χ0) is 19.2. The number of anilines is 2. The Hall–Kier alpha value is -2.60. The van der Waals surface area contributed by atoms with Gasteiger partial charge < -0.3 is 24.1 Å². The zero-order valence-corrected chi connectivity index (χ0v) is 15.7. The van der Waals surface area contributed by atoms with Crippen LogP contribution in [0.15, 0.2) is 30.3 Å². The molecule has 0 spiro atoms. The SMILES string of the molecule is COB1OCc2cc(Nc3ccc(C#N)c(OCCOC(C)C)n3)ccc21. The highest BCUT2D eigenvalue weighted by Gasteiger charge is 2.29. The predicted molar refractivity (Wildman–Crippen MR) is 102 cm³/mol. The third-order valence-electron chi connectivity index (χ3n) is 4.03. The van der Waals surface area contributed by atoms with Crippen LogP contribution < -0.4 is 15.5 Å². The van der Waals surface area contributed by atoms with E-state index in [4.69, 9.17) is 18.8 Å². The fraction of sp³-hybridized carbons (Fsp3) is 0.368. The minimum atomic E-state index is -0.310. The van der Waals surface area contributed by atoms with Gasteiger partial charge in [-0.3, -0.25) is 0 Å². The van der Waals surface area contributed by atoms with Crippen LogP contribution in [0.25, 0.3) is 0 Å². The monoisotopic (exact) mass is 367 g/mol. The molecule has 1 aliphatic rings. The summed E-state index contributed by atoms with van der Waals surface area (Å²) in [6, 6.07) is 11.5. The number of benzene rings is 1. The minimum Gasteiger partial charge on any atom is -0.474 e. The molecule has 140 valence electrons. The summed E-state index contributed by atoms with van der Waals surface area (Å²) in [5, 5.41) is 12.5. The Bertz CT molecular complexity index is 838. The summed E-state index contributed by atoms with van der Waals surface area (Å²) in [6.45, 7) is 5.19. The molecule has 8 heteroatoms. The molecule has 1 aromatic heterocycles. The van der Waals surface area contributed by atoms with Crippen LogP contribution in [-0.4, -0.2) is 38.5 Å². The van der Waals surface area contributed by atoms with Crippen molar-refractivity contribution < 1.29 is 18.8 Å². The highest BCUT2D eigenvalue weighted by atomic mass is 16.6. The van der Waals surface area contributed by atoms with Crippen molar-refractivity contribution in [1.29, 1.82) is 5.26 Å². The molecule has 7 nitrogen and oxygen atoms in total. The third kappa shape index (κ3) is 4.77. The number of rotatable bonds is 8. The van der Waals surface area contributed by atoms with Crippen molar-refractivity contribution in [2.45, 2.75) is 26.6 Å². The van der Waals surface area contributed by atoms with E-state index >= 15 is 0 Å². The van der Waals surface area contributed by atoms with E-state index in [2.05, 4.69) is 16.4 Å². The predicted octanol–water partition coefficient (Wildman–Crippen LogP) is 2.37. The molecule has 0 aliphatic carbocycles. The smallest absolute Gasteiger partial charge is 0.474 e. The lowest BCUT2D eigenvalue weighted by atomic mass is 9.79. The van der Waals surface area contributed by atoms with Gasteiger partial charge in [0.25, 0.3) is 0 Å². The van der Waals surface area contributed by atoms with Gasteiger partial charge in [-0.2, -0.15) is 10.2 Å². The molecule has 3 rings (SSSR count). The van der Waals surface area contributed by atoms with Crippen molar-refractivity contribution in [2.24, 2.45) is 0 Å². The fourth-order valence-corrected chi connectivity index (χ4v) is 2.76. The first-order valence-electron chi connectivity index (χ1n) is 8.80. The van der Waals surface area contributed by atoms with Crippen LogP contribution in [0, 0.1) is 11.3 Å². The molecule has 0 radical (unpaired) electrons. The second-order valence-electron chi connectivity index (χ2n) is 6.35. The number of hydrogen-bond donors (Lipinski definition) is 1. The Morgan fingerprint density at radius 2 is 2.15 bits per heavy atom. The minimum absolute atomic E-state index is 0.131. The number of nitrogens with one attached hydrogen (secondary N) is 1. The summed E-state index contributed by atoms with van der Waals surface area (Å²) in [5.41, 5.74) is 3.36. The maximum absolute atomic E-state index is 9.25. The number of nitriles is 1. The quantitative estimate of drug-likeness (QED) is 0.566. The first-order valence-corrected chi connectivity index (χ1v) is 8.80. The molecule has 0 bridgehead atoms. The second kappa shape index (κ2) is 8.86. The normalized spacial score (nSPS) is 12.8. The van der Waals surface area contributed by atoms with Gasteiger partial charge in [-0.1, -0.05) is 6.07 Å². The van der Waals surface area contributed by atoms with E-state index in [1.165, 1.54) is 0 Å². The molecule has 0 unspecified atom stereocenters. The second-order valence-corrected chi connectivity index (χ2v) is 6.35. The van der Waals surface area contributed by atoms with E-state index in [0.29, 0.717) is 37.1 Å². The van der Waals surface area contributed by atoms with Gasteiger partial charge in [0, 0.05) is 12.8 Å². The fourth-order valence-electron chi connectivity index (χ4n) is 2.76. The van der Waals surface area contributed by atoms with E-state index in [-0.39, 0.29) is 13.2 Å². The number of ether oxygens (including phenoxy) is 2. The maximum atomic E-state index is 9.25. The van der Waals surface area contributed by atoms with E-state index < -0.39 is 0 Å². The maximum Gasteiger partial charge on any atom is 0.494 e. The molecular formula is C19H22BN3O4. The molecule has 27 heavy (non-hydrogen) atoms. The summed E-state index contributed by atoms with van der Waals surface area (Å²) in [5.74, 6) is 0.884. The lowest BCUT2D eigenvalue weighted by Crippen LogP contribution is -2.30. The molecule has 0 saturated heterocycles. The molecule has 0 fully saturated rings. The van der Waals surface area contributed by atoms with E-state index in [0.717, 1.165) is 16.7 Å². The van der Waals surface area contributed by atoms with Crippen molar-refractivity contribution in [3.63, 3.8) is 0 Å². The summed E-state index contributed by atoms with van der Waals surface area (Å²) >= 11 is 0. The summed E-state index contributed by atoms with van der Waals surface area (Å²) < 4.78 is 21.9. The number of fused-ring (bicyclic) bond motifs is 1. The van der Waals surface area contributed by atoms with Gasteiger partial charge in [-0.25, -0.2) is 0 Å². The van der Waals surface area contributed by atoms with Gasteiger partial charge in [-0.15, -0.1) is 0 Å². The molecule has 0 atom stereocenters. The summed E-state index contributed by atoms with van der Waals surface area (Å²) in [4.78, 5) is 4.41. The number of aromatic nitrogens is 1. The number of nitrogens with zero attached hydrogens (tertiary/aromatic N) is 2. The van der Waals surface area contributed by atoms with Crippen molar-refractivity contribution in [3.8, 4) is 11.9 Å². The van der Waals surface area contributed by atoms with Gasteiger partial charge >= 0.3 is 7.12 Å². The Morgan fingerprint density at radius 3 is 2.89 bits per heavy atom. The number of hydrogen-bond acceptors (Lipinski definition) is 7. The van der Waals surface area contributed by atoms with Crippen LogP contribution in [0.4, 0.5) is 11.5 Å². The molecular weight excluding hydrogens is 345 g/mol. The van der Waals surface area contributed by atoms with Gasteiger partial charge in [-0.05, 0) is 49.1 Å². The zero-order valence-electron chi connectivity index (χ0n) is 15.7. The van der Waals surface area contributed by atoms with E-state index in [1.54, 1.807) is 19.2 Å². The first-order chi connectivity index (χ1) is 13.1. The molecule has 0 amide bonds. The van der Waals surface area contributed by atoms with Crippen molar-refractivity contribution in [1.82, 2.24) is 4.98 Å². The van der Waals surface area contributed by atoms with Crippen LogP contribution in [0.5, 0.6) is 5.88 Å². The van der Waals surface area contributed by atoms with Crippen LogP contribution in [0.1, 0.15) is 25.0 Å². The van der Waals surface area contributed by atoms with Crippen LogP contribution >= 0.6 is 0 Å². The van der Waals surface area contributed by atoms with E-state index in [9.17, 15) is 5.26 Å². The molecule has 2 heterocycles. The highest BCUT2D eigenvalue weighted by Crippen LogP contribution is 2.23. The molecule has 1 N–H and O–H groups in total. The standard InChI is InChI=1S/C19H22BN3O4/c1-13(2)25-8-9-26-19-14(11-21)4-7-18(23-19)22-16-5-6-17-15(10-16)12-27-20(17)24-3/h4-7,10,13H,8-9,12H2,1-3H3,(H,22,23). The van der Waals surface area contributed by atoms with Crippen LogP contribution in [0.2, 0.25) is 0 Å². The van der Waals surface area contributed by atoms with Crippen molar-refractivity contribution >= 4 is 24.1 Å². The average molecular weight is 367 g/mol. The molecule has 2 aromatic rings. The Kier molecular flexibility index (Phi) is 6.30. The van der Waals surface area contributed by atoms with E-state index in [1.807, 2.05) is 32.0 Å². The Labute approximate surface area is 159 Å². The molecule has 1 aliphatic heterocycles. The van der Waals surface area contributed by atoms with Gasteiger partial charge in [0.15, 0.2) is 0 Å². The van der Waals surface area contributed by atoms with Crippen LogP contribution in [0.3, 0.4) is 0 Å². The van der Waals surface area contributed by atoms with Gasteiger partial charge in [0.1, 0.15) is 24.1 Å². The summed E-state index contributed by atoms with van der Waals surface area (Å²) in [7, 11) is 1.32. The largest absolute Gasteiger partial charge is 0.494 e.